The van der Waals surface area contributed by atoms with Crippen LogP contribution in [0.4, 0.5) is 0 Å². The number of ketones is 4. The monoisotopic (exact) mass is 1680 g/mol. The third-order valence-electron chi connectivity index (χ3n) is 41.2. The van der Waals surface area contributed by atoms with Crippen LogP contribution < -0.4 is 0 Å². The second kappa shape index (κ2) is 35.0. The van der Waals surface area contributed by atoms with Gasteiger partial charge in [0, 0.05) is 83.8 Å². The normalized spacial score (nSPS) is 48.6. The van der Waals surface area contributed by atoms with Gasteiger partial charge < -0.3 is 44.1 Å². The summed E-state index contributed by atoms with van der Waals surface area (Å²) in [6.07, 6.45) is 45.1. The quantitative estimate of drug-likeness (QED) is 0.104. The van der Waals surface area contributed by atoms with Gasteiger partial charge in [0.05, 0.1) is 93.7 Å². The molecule has 0 radical (unpaired) electrons. The SMILES string of the molecule is CO[C@H]1C[C@@]2(C)[C@@H](CC[C@@H]3[C@@H]2CC[C@]2(C)C(C(=O)CN4CCOCC4)CC[C@@H]32)C[C@@H]1O.CO[C@H]1C[C@@]2(C)[C@@H](CC[C@@H]3[C@@H]2CC[C@]2(C)C(C(=O)Cn4nccn4)CC[C@@H]32)C[C@@H]1O.CO[C@H]1C[C@@]2(C)[C@@H](CC[C@@H]3[C@@H]2CC[C@]2(C)[C@@H](C(=O)Cn4ccnn4)CC[C@@H]32)C[C@@H]1O.CO[C@H]1C[C@]2(C)[C@@H](C(=O)Cn3cccn3)CC[C@H]2[C@@H]2CC[C@H]3C[C@H](O)CC[C@]3(C)[C@H]21. The van der Waals surface area contributed by atoms with Crippen LogP contribution in [0.3, 0.4) is 0 Å². The number of aliphatic hydroxyl groups is 4. The summed E-state index contributed by atoms with van der Waals surface area (Å²) in [6, 6.07) is 1.89. The molecule has 3 aromatic rings. The van der Waals surface area contributed by atoms with Crippen molar-refractivity contribution in [1.29, 1.82) is 0 Å². The minimum atomic E-state index is -0.317. The summed E-state index contributed by atoms with van der Waals surface area (Å²) in [5, 5.41) is 62.4. The van der Waals surface area contributed by atoms with Gasteiger partial charge in [-0.2, -0.15) is 20.1 Å². The maximum absolute atomic E-state index is 13.4. The Kier molecular flexibility index (Phi) is 25.7. The zero-order valence-electron chi connectivity index (χ0n) is 76.0. The van der Waals surface area contributed by atoms with Gasteiger partial charge in [-0.1, -0.05) is 60.6 Å². The Morgan fingerprint density at radius 1 is 0.372 bits per heavy atom. The van der Waals surface area contributed by atoms with E-state index >= 15 is 0 Å². The van der Waals surface area contributed by atoms with Crippen LogP contribution in [0.25, 0.3) is 0 Å². The summed E-state index contributed by atoms with van der Waals surface area (Å²) in [5.74, 6) is 12.7. The highest BCUT2D eigenvalue weighted by molar-refractivity contribution is 5.85. The molecular weight excluding hydrogens is 1520 g/mol. The molecule has 1 aliphatic heterocycles. The zero-order valence-corrected chi connectivity index (χ0v) is 76.0. The van der Waals surface area contributed by atoms with Crippen LogP contribution in [0.1, 0.15) is 261 Å². The average molecular weight is 1680 g/mol. The van der Waals surface area contributed by atoms with Crippen LogP contribution in [-0.4, -0.2) is 198 Å². The van der Waals surface area contributed by atoms with E-state index in [9.17, 15) is 39.6 Å². The van der Waals surface area contributed by atoms with Gasteiger partial charge in [-0.15, -0.1) is 5.10 Å². The maximum atomic E-state index is 13.4. The molecule has 674 valence electrons. The van der Waals surface area contributed by atoms with Gasteiger partial charge in [-0.05, 0) is 350 Å². The van der Waals surface area contributed by atoms with Crippen molar-refractivity contribution in [1.82, 2.24) is 44.7 Å². The molecule has 0 bridgehead atoms. The predicted octanol–water partition coefficient (Wildman–Crippen LogP) is 14.6. The number of nitrogens with zero attached hydrogens (tertiary/aromatic N) is 9. The summed E-state index contributed by atoms with van der Waals surface area (Å²) in [6.45, 7) is 24.6. The van der Waals surface area contributed by atoms with E-state index in [1.54, 1.807) is 61.7 Å². The number of hydrogen-bond donors (Lipinski definition) is 4. The topological polar surface area (TPSA) is 278 Å². The van der Waals surface area contributed by atoms with Crippen molar-refractivity contribution < 1.29 is 63.3 Å². The van der Waals surface area contributed by atoms with Crippen molar-refractivity contribution in [3.8, 4) is 0 Å². The molecule has 17 aliphatic rings. The molecule has 4 heterocycles. The highest BCUT2D eigenvalue weighted by Gasteiger charge is 2.69. The summed E-state index contributed by atoms with van der Waals surface area (Å²) in [7, 11) is 7.14. The molecule has 0 aromatic carbocycles. The van der Waals surface area contributed by atoms with Gasteiger partial charge >= 0.3 is 0 Å². The molecule has 2 unspecified atom stereocenters. The van der Waals surface area contributed by atoms with Crippen molar-refractivity contribution in [2.24, 2.45) is 162 Å². The molecule has 1 saturated heterocycles. The Hall–Kier alpha value is -4.23. The van der Waals surface area contributed by atoms with Crippen molar-refractivity contribution in [3.05, 3.63) is 43.2 Å². The lowest BCUT2D eigenvalue weighted by Gasteiger charge is -2.62. The minimum absolute atomic E-state index is 0.0141. The number of morpholine rings is 1. The Labute approximate surface area is 722 Å². The Morgan fingerprint density at radius 3 is 1.17 bits per heavy atom. The first-order valence-corrected chi connectivity index (χ1v) is 48.9. The maximum Gasteiger partial charge on any atom is 0.159 e. The zero-order chi connectivity index (χ0) is 85.1. The van der Waals surface area contributed by atoms with Crippen LogP contribution in [0.15, 0.2) is 43.2 Å². The van der Waals surface area contributed by atoms with Gasteiger partial charge in [-0.25, -0.2) is 4.68 Å². The molecule has 3 aromatic heterocycles. The van der Waals surface area contributed by atoms with E-state index in [0.29, 0.717) is 132 Å². The minimum Gasteiger partial charge on any atom is -0.393 e. The first-order chi connectivity index (χ1) is 58.0. The molecule has 0 amide bonds. The first-order valence-electron chi connectivity index (χ1n) is 48.9. The number of Topliss-reactive ketones (excluding diaryl/α,β-unsaturated/α-hetero) is 4. The Balaban J connectivity index is 0.000000115. The Morgan fingerprint density at radius 2 is 0.752 bits per heavy atom. The number of methoxy groups -OCH3 is 4. The molecule has 36 atom stereocenters. The van der Waals surface area contributed by atoms with Gasteiger partial charge in [0.25, 0.3) is 0 Å². The predicted molar refractivity (Wildman–Crippen MR) is 459 cm³/mol. The van der Waals surface area contributed by atoms with Crippen molar-refractivity contribution in [3.63, 3.8) is 0 Å². The lowest BCUT2D eigenvalue weighted by Crippen LogP contribution is -2.59. The van der Waals surface area contributed by atoms with E-state index in [-0.39, 0.29) is 116 Å². The van der Waals surface area contributed by atoms with Gasteiger partial charge in [0.15, 0.2) is 17.3 Å². The summed E-state index contributed by atoms with van der Waals surface area (Å²) < 4.78 is 32.2. The molecule has 22 heteroatoms. The fraction of sp³-hybridized carbons (Fsp3) is 0.889. The van der Waals surface area contributed by atoms with E-state index in [2.05, 4.69) is 85.9 Å². The number of carbonyl (C=O) groups excluding carboxylic acids is 4. The summed E-state index contributed by atoms with van der Waals surface area (Å²) in [5.41, 5.74) is 1.51. The fourth-order valence-electron chi connectivity index (χ4n) is 35.1. The van der Waals surface area contributed by atoms with E-state index < -0.39 is 0 Å². The molecule has 4 N–H and O–H groups in total. The highest BCUT2D eigenvalue weighted by atomic mass is 16.5. The van der Waals surface area contributed by atoms with Crippen LogP contribution in [0.5, 0.6) is 0 Å². The van der Waals surface area contributed by atoms with E-state index in [1.807, 2.05) is 19.4 Å². The standard InChI is InChI=1S/C26H43NO4.C25H38N2O3.2C24H37N3O3/c1-25-9-8-20-18(5-4-17-14-22(28)24(30-3)15-26(17,20)2)19(25)6-7-21(25)23(29)16-27-10-12-31-13-11-27;1-24-10-9-17(28)13-16(24)5-6-18-19-7-8-20(21(29)15-27-12-4-11-26-27)25(19,2)14-22(30-3)23(18)24;1-23-9-8-18-16(5-4-15-12-20(28)22(30-3)13-24(15,18)2)17(23)6-7-19(23)21(29)14-27-11-10-25-26-27;1-23-9-8-18-16(5-4-15-12-20(28)22(30-3)13-24(15,18)2)17(23)6-7-19(23)21(29)14-27-25-10-11-26-27/h17-22,24,28H,4-16H2,1-3H3;4,11-12,16-20,22-23,28H,5-10,13-15H2,1-3H3;2*10-11,15-20,22,28H,4-9,12-14H2,1-3H3/t17-,18-,19-,20-,21?,22-,24-,25-,26-;16-,17+,18-,19-,20+,22-,23+,24-,25-;15-,16-,17-,18-,19+,20-,22-,23-,24-;15-,16-,17-,18-,19?,20-,22-,23-,24-/m0000/s1. The first kappa shape index (κ1) is 88.8. The third kappa shape index (κ3) is 15.7. The number of rotatable bonds is 16. The van der Waals surface area contributed by atoms with Crippen LogP contribution in [0.2, 0.25) is 0 Å². The summed E-state index contributed by atoms with van der Waals surface area (Å²) >= 11 is 0. The number of carbonyl (C=O) groups is 4. The third-order valence-corrected chi connectivity index (χ3v) is 41.2. The molecule has 16 saturated carbocycles. The second-order valence-corrected chi connectivity index (χ2v) is 45.6. The molecule has 20 rings (SSSR count). The van der Waals surface area contributed by atoms with Gasteiger partial charge in [0.2, 0.25) is 0 Å². The number of aromatic nitrogens is 8. The lowest BCUT2D eigenvalue weighted by molar-refractivity contribution is -0.186. The molecular formula is C99H155N9O13. The van der Waals surface area contributed by atoms with E-state index in [4.69, 9.17) is 23.7 Å². The van der Waals surface area contributed by atoms with Crippen LogP contribution >= 0.6 is 0 Å². The van der Waals surface area contributed by atoms with E-state index in [1.165, 1.54) is 108 Å². The highest BCUT2D eigenvalue weighted by Crippen LogP contribution is 2.73. The fourth-order valence-corrected chi connectivity index (χ4v) is 35.1. The molecule has 16 aliphatic carbocycles. The average Bonchev–Trinajstić information content (AvgIpc) is 1.63. The van der Waals surface area contributed by atoms with Crippen molar-refractivity contribution in [2.45, 2.75) is 329 Å². The smallest absolute Gasteiger partial charge is 0.159 e. The number of ether oxygens (including phenoxy) is 5. The van der Waals surface area contributed by atoms with Crippen molar-refractivity contribution in [2.75, 3.05) is 61.3 Å². The molecule has 121 heavy (non-hydrogen) atoms. The van der Waals surface area contributed by atoms with Crippen LogP contribution in [0, 0.1) is 162 Å². The second-order valence-electron chi connectivity index (χ2n) is 45.6. The van der Waals surface area contributed by atoms with E-state index in [0.717, 1.165) is 141 Å². The Bertz CT molecular complexity index is 3900. The number of hydrogen-bond acceptors (Lipinski definition) is 19. The number of fused-ring (bicyclic) bond motifs is 20. The van der Waals surface area contributed by atoms with Crippen molar-refractivity contribution >= 4 is 23.1 Å². The van der Waals surface area contributed by atoms with Gasteiger partial charge in [0.1, 0.15) is 18.9 Å². The lowest BCUT2D eigenvalue weighted by atomic mass is 9.43. The number of aliphatic hydroxyl groups excluding tert-OH is 4. The largest absolute Gasteiger partial charge is 0.393 e. The van der Waals surface area contributed by atoms with Crippen LogP contribution in [-0.2, 0) is 62.5 Å². The van der Waals surface area contributed by atoms with Gasteiger partial charge in [-0.3, -0.25) is 28.8 Å². The molecule has 22 nitrogen and oxygen atoms in total. The molecule has 0 spiro atoms. The molecule has 17 fully saturated rings. The summed E-state index contributed by atoms with van der Waals surface area (Å²) in [4.78, 5) is 57.0.